The van der Waals surface area contributed by atoms with Gasteiger partial charge in [0.05, 0.1) is 12.2 Å². The lowest BCUT2D eigenvalue weighted by atomic mass is 9.67. The third-order valence-corrected chi connectivity index (χ3v) is 3.81. The summed E-state index contributed by atoms with van der Waals surface area (Å²) < 4.78 is 6.07. The maximum Gasteiger partial charge on any atom is 0.0831 e. The van der Waals surface area contributed by atoms with Crippen LogP contribution in [0.3, 0.4) is 0 Å². The normalized spacial score (nSPS) is 40.3. The third-order valence-electron chi connectivity index (χ3n) is 3.81. The Hall–Kier alpha value is -0.560. The average Bonchev–Trinajstić information content (AvgIpc) is 2.26. The quantitative estimate of drug-likeness (QED) is 0.579. The lowest BCUT2D eigenvalue weighted by molar-refractivity contribution is 0.0407. The smallest absolute Gasteiger partial charge is 0.0831 e. The van der Waals surface area contributed by atoms with Crippen LogP contribution in [0.4, 0.5) is 0 Å². The van der Waals surface area contributed by atoms with Gasteiger partial charge >= 0.3 is 0 Å². The van der Waals surface area contributed by atoms with Crippen LogP contribution in [0.15, 0.2) is 23.8 Å². The summed E-state index contributed by atoms with van der Waals surface area (Å²) in [5, 5.41) is 0. The monoisotopic (exact) mass is 192 g/mol. The highest BCUT2D eigenvalue weighted by Crippen LogP contribution is 2.51. The third kappa shape index (κ3) is 1.26. The van der Waals surface area contributed by atoms with Crippen molar-refractivity contribution < 1.29 is 4.74 Å². The lowest BCUT2D eigenvalue weighted by Gasteiger charge is -2.35. The van der Waals surface area contributed by atoms with E-state index in [0.717, 1.165) is 6.42 Å². The molecular weight excluding hydrogens is 172 g/mol. The highest BCUT2D eigenvalue weighted by molar-refractivity contribution is 5.23. The molecule has 0 aromatic rings. The molecule has 0 aromatic carbocycles. The molecule has 0 saturated carbocycles. The molecule has 14 heavy (non-hydrogen) atoms. The van der Waals surface area contributed by atoms with Crippen LogP contribution in [0.5, 0.6) is 0 Å². The molecule has 1 nitrogen and oxygen atoms in total. The summed E-state index contributed by atoms with van der Waals surface area (Å²) in [7, 11) is 0. The molecule has 0 spiro atoms. The van der Waals surface area contributed by atoms with Gasteiger partial charge in [-0.15, -0.1) is 0 Å². The molecule has 2 rings (SSSR count). The van der Waals surface area contributed by atoms with Gasteiger partial charge in [0.15, 0.2) is 0 Å². The molecule has 0 amide bonds. The van der Waals surface area contributed by atoms with E-state index in [4.69, 9.17) is 4.74 Å². The second-order valence-electron chi connectivity index (χ2n) is 5.10. The Balaban J connectivity index is 2.35. The van der Waals surface area contributed by atoms with Crippen LogP contribution < -0.4 is 0 Å². The lowest BCUT2D eigenvalue weighted by Crippen LogP contribution is -2.34. The van der Waals surface area contributed by atoms with E-state index in [1.165, 1.54) is 5.57 Å². The zero-order chi connectivity index (χ0) is 10.3. The van der Waals surface area contributed by atoms with Crippen LogP contribution in [0.25, 0.3) is 0 Å². The van der Waals surface area contributed by atoms with Crippen molar-refractivity contribution in [2.75, 3.05) is 0 Å². The molecule has 2 bridgehead atoms. The van der Waals surface area contributed by atoms with Crippen LogP contribution in [-0.2, 0) is 4.74 Å². The molecule has 1 aliphatic heterocycles. The molecule has 0 aromatic heterocycles. The molecule has 0 N–H and O–H groups in total. The van der Waals surface area contributed by atoms with Crippen molar-refractivity contribution in [1.82, 2.24) is 0 Å². The Morgan fingerprint density at radius 1 is 1.50 bits per heavy atom. The van der Waals surface area contributed by atoms with Crippen molar-refractivity contribution in [1.29, 1.82) is 0 Å². The predicted molar refractivity (Wildman–Crippen MR) is 59.1 cm³/mol. The Morgan fingerprint density at radius 2 is 2.21 bits per heavy atom. The van der Waals surface area contributed by atoms with Gasteiger partial charge in [0.2, 0.25) is 0 Å². The molecule has 0 radical (unpaired) electrons. The van der Waals surface area contributed by atoms with E-state index in [1.807, 2.05) is 0 Å². The summed E-state index contributed by atoms with van der Waals surface area (Å²) in [5.74, 6) is 0.581. The number of ether oxygens (including phenoxy) is 1. The van der Waals surface area contributed by atoms with Gasteiger partial charge in [-0.1, -0.05) is 37.6 Å². The maximum atomic E-state index is 6.07. The highest BCUT2D eigenvalue weighted by atomic mass is 16.5. The number of rotatable bonds is 1. The minimum atomic E-state index is 0.304. The Morgan fingerprint density at radius 3 is 2.86 bits per heavy atom. The molecular formula is C13H20O. The molecule has 1 heteroatoms. The van der Waals surface area contributed by atoms with Gasteiger partial charge in [-0.05, 0) is 20.3 Å². The van der Waals surface area contributed by atoms with E-state index in [-0.39, 0.29) is 0 Å². The Labute approximate surface area is 86.8 Å². The van der Waals surface area contributed by atoms with Crippen LogP contribution >= 0.6 is 0 Å². The first-order valence-corrected chi connectivity index (χ1v) is 5.52. The van der Waals surface area contributed by atoms with Crippen LogP contribution in [0.1, 0.15) is 34.1 Å². The van der Waals surface area contributed by atoms with E-state index < -0.39 is 0 Å². The van der Waals surface area contributed by atoms with Crippen molar-refractivity contribution in [2.45, 2.75) is 46.3 Å². The second kappa shape index (κ2) is 3.23. The molecule has 1 heterocycles. The maximum absolute atomic E-state index is 6.07. The summed E-state index contributed by atoms with van der Waals surface area (Å²) in [6.07, 6.45) is 8.47. The van der Waals surface area contributed by atoms with Gasteiger partial charge in [-0.25, -0.2) is 0 Å². The SMILES string of the molecule is C/C=C/[C@H]1OC2CC=C(C)[C@@H]1C2(C)C. The van der Waals surface area contributed by atoms with E-state index in [0.29, 0.717) is 23.5 Å². The van der Waals surface area contributed by atoms with Gasteiger partial charge in [0, 0.05) is 11.3 Å². The fourth-order valence-corrected chi connectivity index (χ4v) is 3.04. The zero-order valence-corrected chi connectivity index (χ0v) is 9.58. The van der Waals surface area contributed by atoms with Gasteiger partial charge in [-0.3, -0.25) is 0 Å². The number of fused-ring (bicyclic) bond motifs is 2. The van der Waals surface area contributed by atoms with Crippen molar-refractivity contribution in [3.8, 4) is 0 Å². The highest BCUT2D eigenvalue weighted by Gasteiger charge is 2.51. The van der Waals surface area contributed by atoms with E-state index in [2.05, 4.69) is 45.9 Å². The van der Waals surface area contributed by atoms with E-state index in [1.54, 1.807) is 0 Å². The van der Waals surface area contributed by atoms with Gasteiger partial charge < -0.3 is 4.74 Å². The average molecular weight is 192 g/mol. The topological polar surface area (TPSA) is 9.23 Å². The van der Waals surface area contributed by atoms with Gasteiger partial charge in [-0.2, -0.15) is 0 Å². The minimum absolute atomic E-state index is 0.304. The molecule has 2 aliphatic rings. The fourth-order valence-electron chi connectivity index (χ4n) is 3.04. The van der Waals surface area contributed by atoms with Crippen molar-refractivity contribution in [3.63, 3.8) is 0 Å². The first-order chi connectivity index (χ1) is 6.57. The van der Waals surface area contributed by atoms with Gasteiger partial charge in [0.25, 0.3) is 0 Å². The number of allylic oxidation sites excluding steroid dienone is 1. The molecule has 78 valence electrons. The summed E-state index contributed by atoms with van der Waals surface area (Å²) in [6.45, 7) is 8.98. The molecule has 1 unspecified atom stereocenters. The number of hydrogen-bond donors (Lipinski definition) is 0. The second-order valence-corrected chi connectivity index (χ2v) is 5.10. The van der Waals surface area contributed by atoms with Crippen LogP contribution in [0, 0.1) is 11.3 Å². The zero-order valence-electron chi connectivity index (χ0n) is 9.58. The molecule has 3 atom stereocenters. The molecule has 1 saturated heterocycles. The van der Waals surface area contributed by atoms with Crippen molar-refractivity contribution in [2.24, 2.45) is 11.3 Å². The van der Waals surface area contributed by atoms with Gasteiger partial charge in [0.1, 0.15) is 0 Å². The molecule has 1 fully saturated rings. The first kappa shape index (κ1) is 9.97. The Kier molecular flexibility index (Phi) is 2.30. The summed E-state index contributed by atoms with van der Waals surface area (Å²) >= 11 is 0. The van der Waals surface area contributed by atoms with Crippen molar-refractivity contribution >= 4 is 0 Å². The minimum Gasteiger partial charge on any atom is -0.369 e. The standard InChI is InChI=1S/C13H20O/c1-5-6-10-12-9(2)7-8-11(14-10)13(12,3)4/h5-7,10-12H,8H2,1-4H3/b6-5+/t10-,11?,12+/m1/s1. The summed E-state index contributed by atoms with van der Waals surface area (Å²) in [5.41, 5.74) is 1.81. The Bertz CT molecular complexity index is 286. The van der Waals surface area contributed by atoms with Crippen LogP contribution in [0.2, 0.25) is 0 Å². The van der Waals surface area contributed by atoms with E-state index >= 15 is 0 Å². The van der Waals surface area contributed by atoms with Crippen LogP contribution in [-0.4, -0.2) is 12.2 Å². The fraction of sp³-hybridized carbons (Fsp3) is 0.692. The molecule has 1 aliphatic carbocycles. The first-order valence-electron chi connectivity index (χ1n) is 5.52. The summed E-state index contributed by atoms with van der Waals surface area (Å²) in [6, 6.07) is 0. The van der Waals surface area contributed by atoms with E-state index in [9.17, 15) is 0 Å². The summed E-state index contributed by atoms with van der Waals surface area (Å²) in [4.78, 5) is 0. The number of hydrogen-bond acceptors (Lipinski definition) is 1. The largest absolute Gasteiger partial charge is 0.369 e. The van der Waals surface area contributed by atoms with Crippen molar-refractivity contribution in [3.05, 3.63) is 23.8 Å². The predicted octanol–water partition coefficient (Wildman–Crippen LogP) is 3.32.